The van der Waals surface area contributed by atoms with Crippen molar-refractivity contribution in [2.75, 3.05) is 5.75 Å². The van der Waals surface area contributed by atoms with Crippen molar-refractivity contribution >= 4 is 45.9 Å². The zero-order chi connectivity index (χ0) is 17.6. The van der Waals surface area contributed by atoms with Gasteiger partial charge in [-0.3, -0.25) is 20.4 Å². The first-order valence-corrected chi connectivity index (χ1v) is 8.96. The smallest absolute Gasteiger partial charge is 0.269 e. The summed E-state index contributed by atoms with van der Waals surface area (Å²) in [6.45, 7) is 0. The first-order valence-electron chi connectivity index (χ1n) is 7.59. The van der Waals surface area contributed by atoms with E-state index < -0.39 is 0 Å². The molecule has 0 fully saturated rings. The maximum atomic E-state index is 12.0. The third kappa shape index (κ3) is 4.32. The Morgan fingerprint density at radius 1 is 0.880 bits per heavy atom. The standard InChI is InChI=1S/C19H15ClN2O2S/c20-15-10-4-8-13-9-5-11-16(18(13)15)25-12-17(23)21-22-19(24)14-6-2-1-3-7-14/h1-11H,12H2,(H,21,23)(H,22,24). The number of amides is 2. The van der Waals surface area contributed by atoms with Gasteiger partial charge in [-0.05, 0) is 29.7 Å². The molecule has 0 aromatic heterocycles. The van der Waals surface area contributed by atoms with Gasteiger partial charge in [-0.25, -0.2) is 0 Å². The van der Waals surface area contributed by atoms with Crippen molar-refractivity contribution < 1.29 is 9.59 Å². The average molecular weight is 371 g/mol. The molecule has 3 aromatic carbocycles. The number of fused-ring (bicyclic) bond motifs is 1. The highest BCUT2D eigenvalue weighted by atomic mass is 35.5. The number of thioether (sulfide) groups is 1. The second-order valence-corrected chi connectivity index (χ2v) is 6.68. The number of benzene rings is 3. The quantitative estimate of drug-likeness (QED) is 0.538. The van der Waals surface area contributed by atoms with Crippen LogP contribution in [-0.4, -0.2) is 17.6 Å². The Hall–Kier alpha value is -2.50. The molecule has 25 heavy (non-hydrogen) atoms. The molecule has 0 heterocycles. The van der Waals surface area contributed by atoms with Gasteiger partial charge in [0.2, 0.25) is 5.91 Å². The maximum absolute atomic E-state index is 12.0. The highest BCUT2D eigenvalue weighted by Crippen LogP contribution is 2.32. The lowest BCUT2D eigenvalue weighted by Crippen LogP contribution is -2.42. The van der Waals surface area contributed by atoms with Crippen molar-refractivity contribution in [2.45, 2.75) is 4.90 Å². The Morgan fingerprint density at radius 3 is 2.36 bits per heavy atom. The van der Waals surface area contributed by atoms with E-state index >= 15 is 0 Å². The molecule has 126 valence electrons. The van der Waals surface area contributed by atoms with Crippen LogP contribution < -0.4 is 10.9 Å². The first kappa shape index (κ1) is 17.3. The topological polar surface area (TPSA) is 58.2 Å². The van der Waals surface area contributed by atoms with E-state index in [0.717, 1.165) is 15.7 Å². The Balaban J connectivity index is 1.59. The summed E-state index contributed by atoms with van der Waals surface area (Å²) in [4.78, 5) is 24.8. The van der Waals surface area contributed by atoms with Crippen molar-refractivity contribution in [2.24, 2.45) is 0 Å². The molecule has 0 bridgehead atoms. The highest BCUT2D eigenvalue weighted by Gasteiger charge is 2.10. The Morgan fingerprint density at radius 2 is 1.60 bits per heavy atom. The van der Waals surface area contributed by atoms with Gasteiger partial charge in [0.05, 0.1) is 5.75 Å². The number of carbonyl (C=O) groups is 2. The van der Waals surface area contributed by atoms with Crippen molar-refractivity contribution in [3.8, 4) is 0 Å². The van der Waals surface area contributed by atoms with E-state index in [2.05, 4.69) is 10.9 Å². The molecule has 0 saturated carbocycles. The van der Waals surface area contributed by atoms with Gasteiger partial charge in [0, 0.05) is 20.9 Å². The van der Waals surface area contributed by atoms with Crippen LogP contribution in [0.3, 0.4) is 0 Å². The van der Waals surface area contributed by atoms with Crippen molar-refractivity contribution in [3.05, 3.63) is 77.3 Å². The minimum Gasteiger partial charge on any atom is -0.272 e. The van der Waals surface area contributed by atoms with Crippen LogP contribution in [0.25, 0.3) is 10.8 Å². The van der Waals surface area contributed by atoms with E-state index in [1.807, 2.05) is 42.5 Å². The van der Waals surface area contributed by atoms with Crippen LogP contribution in [0.1, 0.15) is 10.4 Å². The molecule has 0 aliphatic heterocycles. The van der Waals surface area contributed by atoms with Crippen LogP contribution in [-0.2, 0) is 4.79 Å². The molecule has 2 amide bonds. The SMILES string of the molecule is O=C(CSc1cccc2cccc(Cl)c12)NNC(=O)c1ccccc1. The number of rotatable bonds is 4. The second kappa shape index (κ2) is 8.05. The molecule has 0 aliphatic rings. The van der Waals surface area contributed by atoms with Crippen LogP contribution in [0.15, 0.2) is 71.6 Å². The average Bonchev–Trinajstić information content (AvgIpc) is 2.65. The predicted molar refractivity (Wildman–Crippen MR) is 102 cm³/mol. The largest absolute Gasteiger partial charge is 0.272 e. The lowest BCUT2D eigenvalue weighted by atomic mass is 10.1. The van der Waals surface area contributed by atoms with Gasteiger partial charge >= 0.3 is 0 Å². The zero-order valence-electron chi connectivity index (χ0n) is 13.2. The fourth-order valence-electron chi connectivity index (χ4n) is 2.35. The van der Waals surface area contributed by atoms with Gasteiger partial charge in [0.1, 0.15) is 0 Å². The maximum Gasteiger partial charge on any atom is 0.269 e. The molecule has 6 heteroatoms. The molecule has 0 spiro atoms. The summed E-state index contributed by atoms with van der Waals surface area (Å²) < 4.78 is 0. The first-order chi connectivity index (χ1) is 12.1. The molecule has 4 nitrogen and oxygen atoms in total. The van der Waals surface area contributed by atoms with Crippen LogP contribution in [0.2, 0.25) is 5.02 Å². The van der Waals surface area contributed by atoms with Gasteiger partial charge in [-0.2, -0.15) is 0 Å². The molecule has 0 aliphatic carbocycles. The minimum atomic E-state index is -0.354. The Kier molecular flexibility index (Phi) is 5.58. The molecule has 2 N–H and O–H groups in total. The molecule has 3 aromatic rings. The molecule has 0 unspecified atom stereocenters. The molecule has 0 saturated heterocycles. The third-order valence-electron chi connectivity index (χ3n) is 3.53. The molecular weight excluding hydrogens is 356 g/mol. The highest BCUT2D eigenvalue weighted by molar-refractivity contribution is 8.00. The number of carbonyl (C=O) groups excluding carboxylic acids is 2. The summed E-state index contributed by atoms with van der Waals surface area (Å²) >= 11 is 7.65. The summed E-state index contributed by atoms with van der Waals surface area (Å²) in [6, 6.07) is 20.2. The van der Waals surface area contributed by atoms with Crippen LogP contribution in [0.4, 0.5) is 0 Å². The number of halogens is 1. The normalized spacial score (nSPS) is 10.4. The van der Waals surface area contributed by atoms with E-state index in [0.29, 0.717) is 10.6 Å². The fourth-order valence-corrected chi connectivity index (χ4v) is 3.60. The molecule has 0 atom stereocenters. The van der Waals surface area contributed by atoms with Crippen molar-refractivity contribution in [1.29, 1.82) is 0 Å². The van der Waals surface area contributed by atoms with E-state index in [1.165, 1.54) is 11.8 Å². The Labute approximate surface area is 154 Å². The van der Waals surface area contributed by atoms with Crippen molar-refractivity contribution in [3.63, 3.8) is 0 Å². The number of nitrogens with one attached hydrogen (secondary N) is 2. The van der Waals surface area contributed by atoms with E-state index in [1.54, 1.807) is 24.3 Å². The van der Waals surface area contributed by atoms with E-state index in [4.69, 9.17) is 11.6 Å². The fraction of sp³-hybridized carbons (Fsp3) is 0.0526. The summed E-state index contributed by atoms with van der Waals surface area (Å²) in [5.41, 5.74) is 5.31. The van der Waals surface area contributed by atoms with Gasteiger partial charge < -0.3 is 0 Å². The Bertz CT molecular complexity index is 910. The number of hydrogen-bond acceptors (Lipinski definition) is 3. The summed E-state index contributed by atoms with van der Waals surface area (Å²) in [6.07, 6.45) is 0. The molecular formula is C19H15ClN2O2S. The van der Waals surface area contributed by atoms with Gasteiger partial charge in [0.15, 0.2) is 0 Å². The third-order valence-corrected chi connectivity index (χ3v) is 4.90. The van der Waals surface area contributed by atoms with E-state index in [-0.39, 0.29) is 17.6 Å². The number of hydrogen-bond donors (Lipinski definition) is 2. The summed E-state index contributed by atoms with van der Waals surface area (Å²) in [5.74, 6) is -0.482. The lowest BCUT2D eigenvalue weighted by molar-refractivity contribution is -0.119. The minimum absolute atomic E-state index is 0.166. The summed E-state index contributed by atoms with van der Waals surface area (Å²) in [7, 11) is 0. The molecule has 0 radical (unpaired) electrons. The number of hydrazine groups is 1. The summed E-state index contributed by atoms with van der Waals surface area (Å²) in [5, 5.41) is 2.60. The molecule has 3 rings (SSSR count). The van der Waals surface area contributed by atoms with E-state index in [9.17, 15) is 9.59 Å². The van der Waals surface area contributed by atoms with Gasteiger partial charge in [-0.15, -0.1) is 11.8 Å². The second-order valence-electron chi connectivity index (χ2n) is 5.25. The zero-order valence-corrected chi connectivity index (χ0v) is 14.7. The lowest BCUT2D eigenvalue weighted by Gasteiger charge is -2.09. The predicted octanol–water partition coefficient (Wildman–Crippen LogP) is 4.05. The van der Waals surface area contributed by atoms with Crippen molar-refractivity contribution in [1.82, 2.24) is 10.9 Å². The van der Waals surface area contributed by atoms with Crippen LogP contribution >= 0.6 is 23.4 Å². The monoisotopic (exact) mass is 370 g/mol. The van der Waals surface area contributed by atoms with Crippen LogP contribution in [0.5, 0.6) is 0 Å². The van der Waals surface area contributed by atoms with Crippen LogP contribution in [0, 0.1) is 0 Å². The van der Waals surface area contributed by atoms with Gasteiger partial charge in [0.25, 0.3) is 5.91 Å². The van der Waals surface area contributed by atoms with Gasteiger partial charge in [-0.1, -0.05) is 54.1 Å².